The van der Waals surface area contributed by atoms with Crippen molar-refractivity contribution in [2.45, 2.75) is 26.4 Å². The molecule has 1 amide bonds. The summed E-state index contributed by atoms with van der Waals surface area (Å²) in [6, 6.07) is 7.97. The maximum absolute atomic E-state index is 14.7. The maximum Gasteiger partial charge on any atom is 0.316 e. The average Bonchev–Trinajstić information content (AvgIpc) is 3.24. The molecule has 3 aromatic rings. The molecule has 3 heterocycles. The highest BCUT2D eigenvalue weighted by molar-refractivity contribution is 7.92. The SMILES string of the molecule is CCS(=O)(=O)N(C)c1ncccc1CN(c1nc(Nc2cccc3c2NC(=O)C3)ncc1F)C(F)F. The van der Waals surface area contributed by atoms with Crippen molar-refractivity contribution < 1.29 is 26.4 Å². The lowest BCUT2D eigenvalue weighted by Gasteiger charge is -2.26. The number of hydrogen-bond donors (Lipinski definition) is 2. The maximum atomic E-state index is 14.7. The first kappa shape index (κ1) is 25.2. The van der Waals surface area contributed by atoms with Crippen molar-refractivity contribution in [1.29, 1.82) is 0 Å². The molecule has 2 aromatic heterocycles. The van der Waals surface area contributed by atoms with Crippen molar-refractivity contribution in [2.75, 3.05) is 32.6 Å². The summed E-state index contributed by atoms with van der Waals surface area (Å²) in [5.74, 6) is -2.47. The smallest absolute Gasteiger partial charge is 0.316 e. The van der Waals surface area contributed by atoms with E-state index >= 15 is 0 Å². The van der Waals surface area contributed by atoms with E-state index in [-0.39, 0.29) is 35.4 Å². The van der Waals surface area contributed by atoms with Gasteiger partial charge in [-0.3, -0.25) is 14.0 Å². The van der Waals surface area contributed by atoms with Gasteiger partial charge in [0.25, 0.3) is 0 Å². The summed E-state index contributed by atoms with van der Waals surface area (Å²) >= 11 is 0. The van der Waals surface area contributed by atoms with Gasteiger partial charge in [0.05, 0.1) is 36.3 Å². The van der Waals surface area contributed by atoms with E-state index in [4.69, 9.17) is 0 Å². The van der Waals surface area contributed by atoms with E-state index in [1.165, 1.54) is 32.3 Å². The zero-order chi connectivity index (χ0) is 26.0. The summed E-state index contributed by atoms with van der Waals surface area (Å²) in [4.78, 5) is 23.9. The second-order valence-corrected chi connectivity index (χ2v) is 10.1. The normalized spacial score (nSPS) is 12.9. The van der Waals surface area contributed by atoms with Crippen molar-refractivity contribution in [2.24, 2.45) is 0 Å². The van der Waals surface area contributed by atoms with Crippen LogP contribution in [0, 0.1) is 5.82 Å². The van der Waals surface area contributed by atoms with Crippen LogP contribution < -0.4 is 19.8 Å². The molecule has 4 rings (SSSR count). The number of hydrogen-bond acceptors (Lipinski definition) is 8. The van der Waals surface area contributed by atoms with Crippen LogP contribution in [0.5, 0.6) is 0 Å². The molecule has 36 heavy (non-hydrogen) atoms. The summed E-state index contributed by atoms with van der Waals surface area (Å²) < 4.78 is 68.5. The summed E-state index contributed by atoms with van der Waals surface area (Å²) in [7, 11) is -2.46. The van der Waals surface area contributed by atoms with Gasteiger partial charge in [-0.25, -0.2) is 22.8 Å². The van der Waals surface area contributed by atoms with Crippen molar-refractivity contribution >= 4 is 44.9 Å². The topological polar surface area (TPSA) is 120 Å². The zero-order valence-corrected chi connectivity index (χ0v) is 20.1. The van der Waals surface area contributed by atoms with Crippen LogP contribution in [0.1, 0.15) is 18.1 Å². The van der Waals surface area contributed by atoms with Gasteiger partial charge >= 0.3 is 6.55 Å². The number of para-hydroxylation sites is 1. The molecule has 0 saturated carbocycles. The van der Waals surface area contributed by atoms with Crippen molar-refractivity contribution in [3.05, 3.63) is 59.7 Å². The van der Waals surface area contributed by atoms with Crippen LogP contribution in [0.4, 0.5) is 42.1 Å². The Morgan fingerprint density at radius 3 is 2.67 bits per heavy atom. The molecule has 2 N–H and O–H groups in total. The fraction of sp³-hybridized carbons (Fsp3) is 0.273. The first-order valence-electron chi connectivity index (χ1n) is 10.8. The lowest BCUT2D eigenvalue weighted by molar-refractivity contribution is -0.115. The average molecular weight is 522 g/mol. The quantitative estimate of drug-likeness (QED) is 0.412. The van der Waals surface area contributed by atoms with Gasteiger partial charge in [0, 0.05) is 18.8 Å². The minimum absolute atomic E-state index is 0.0617. The van der Waals surface area contributed by atoms with Crippen molar-refractivity contribution in [1.82, 2.24) is 15.0 Å². The van der Waals surface area contributed by atoms with Gasteiger partial charge in [-0.2, -0.15) is 13.8 Å². The Morgan fingerprint density at radius 1 is 1.17 bits per heavy atom. The Hall–Kier alpha value is -3.94. The van der Waals surface area contributed by atoms with Crippen LogP contribution in [0.25, 0.3) is 0 Å². The highest BCUT2D eigenvalue weighted by Gasteiger charge is 2.27. The number of sulfonamides is 1. The fourth-order valence-electron chi connectivity index (χ4n) is 3.68. The molecule has 0 radical (unpaired) electrons. The Kier molecular flexibility index (Phi) is 6.97. The Balaban J connectivity index is 1.67. The summed E-state index contributed by atoms with van der Waals surface area (Å²) in [6.45, 7) is -2.34. The third-order valence-corrected chi connectivity index (χ3v) is 7.27. The van der Waals surface area contributed by atoms with Gasteiger partial charge in [-0.15, -0.1) is 0 Å². The first-order valence-corrected chi connectivity index (χ1v) is 12.4. The molecule has 0 saturated heterocycles. The monoisotopic (exact) mass is 521 g/mol. The number of carbonyl (C=O) groups excluding carboxylic acids is 1. The lowest BCUT2D eigenvalue weighted by Crippen LogP contribution is -2.33. The van der Waals surface area contributed by atoms with Crippen LogP contribution >= 0.6 is 0 Å². The lowest BCUT2D eigenvalue weighted by atomic mass is 10.1. The van der Waals surface area contributed by atoms with Gasteiger partial charge in [0.1, 0.15) is 5.82 Å². The predicted octanol–water partition coefficient (Wildman–Crippen LogP) is 3.26. The molecule has 14 heteroatoms. The molecule has 1 aromatic carbocycles. The molecular weight excluding hydrogens is 499 g/mol. The number of pyridine rings is 1. The van der Waals surface area contributed by atoms with E-state index < -0.39 is 34.8 Å². The van der Waals surface area contributed by atoms with E-state index in [1.807, 2.05) is 0 Å². The summed E-state index contributed by atoms with van der Waals surface area (Å²) in [5.41, 5.74) is 1.77. The number of benzene rings is 1. The molecule has 0 unspecified atom stereocenters. The van der Waals surface area contributed by atoms with E-state index in [2.05, 4.69) is 25.6 Å². The molecule has 10 nitrogen and oxygen atoms in total. The number of amides is 1. The predicted molar refractivity (Wildman–Crippen MR) is 128 cm³/mol. The largest absolute Gasteiger partial charge is 0.324 e. The van der Waals surface area contributed by atoms with Crippen molar-refractivity contribution in [3.63, 3.8) is 0 Å². The van der Waals surface area contributed by atoms with Crippen LogP contribution in [0.2, 0.25) is 0 Å². The summed E-state index contributed by atoms with van der Waals surface area (Å²) in [6.07, 6.45) is 2.27. The molecule has 1 aliphatic heterocycles. The fourth-order valence-corrected chi connectivity index (χ4v) is 4.49. The number of alkyl halides is 2. The van der Waals surface area contributed by atoms with E-state index in [0.717, 1.165) is 16.1 Å². The Bertz CT molecular complexity index is 1410. The molecule has 0 spiro atoms. The second kappa shape index (κ2) is 9.97. The Labute approximate surface area is 205 Å². The number of rotatable bonds is 9. The standard InChI is InChI=1S/C22H22F3N7O3S/c1-3-36(34,35)31(2)19-14(7-5-9-26-19)12-32(21(24)25)20-15(23)11-27-22(30-20)28-16-8-4-6-13-10-17(33)29-18(13)16/h4-9,11,21H,3,10,12H2,1-2H3,(H,29,33)(H,27,28,30). The third-order valence-electron chi connectivity index (χ3n) is 5.53. The number of halogens is 3. The van der Waals surface area contributed by atoms with E-state index in [1.54, 1.807) is 18.2 Å². The Morgan fingerprint density at radius 2 is 1.94 bits per heavy atom. The number of fused-ring (bicyclic) bond motifs is 1. The molecule has 0 aliphatic carbocycles. The second-order valence-electron chi connectivity index (χ2n) is 7.81. The number of nitrogens with zero attached hydrogens (tertiary/aromatic N) is 5. The molecule has 190 valence electrons. The zero-order valence-electron chi connectivity index (χ0n) is 19.2. The van der Waals surface area contributed by atoms with Crippen LogP contribution in [0.3, 0.4) is 0 Å². The van der Waals surface area contributed by atoms with E-state index in [0.29, 0.717) is 16.3 Å². The highest BCUT2D eigenvalue weighted by Crippen LogP contribution is 2.33. The van der Waals surface area contributed by atoms with E-state index in [9.17, 15) is 26.4 Å². The van der Waals surface area contributed by atoms with Gasteiger partial charge in [0.2, 0.25) is 21.9 Å². The first-order chi connectivity index (χ1) is 17.1. The molecule has 0 fully saturated rings. The summed E-state index contributed by atoms with van der Waals surface area (Å²) in [5, 5.41) is 5.53. The number of carbonyl (C=O) groups is 1. The number of anilines is 5. The number of nitrogens with one attached hydrogen (secondary N) is 2. The third kappa shape index (κ3) is 5.03. The van der Waals surface area contributed by atoms with Gasteiger partial charge in [-0.05, 0) is 24.6 Å². The minimum Gasteiger partial charge on any atom is -0.324 e. The molecule has 1 aliphatic rings. The van der Waals surface area contributed by atoms with Crippen LogP contribution in [-0.2, 0) is 27.8 Å². The highest BCUT2D eigenvalue weighted by atomic mass is 32.2. The van der Waals surface area contributed by atoms with Gasteiger partial charge in [-0.1, -0.05) is 18.2 Å². The minimum atomic E-state index is -3.73. The number of aromatic nitrogens is 3. The van der Waals surface area contributed by atoms with Crippen LogP contribution in [-0.4, -0.2) is 48.6 Å². The van der Waals surface area contributed by atoms with Crippen LogP contribution in [0.15, 0.2) is 42.7 Å². The van der Waals surface area contributed by atoms with Crippen molar-refractivity contribution in [3.8, 4) is 0 Å². The van der Waals surface area contributed by atoms with Gasteiger partial charge < -0.3 is 10.6 Å². The van der Waals surface area contributed by atoms with Gasteiger partial charge in [0.15, 0.2) is 11.6 Å². The molecular formula is C22H22F3N7O3S. The molecule has 0 bridgehead atoms. The molecule has 0 atom stereocenters.